The van der Waals surface area contributed by atoms with Crippen LogP contribution in [0.4, 0.5) is 0 Å². The van der Waals surface area contributed by atoms with Gasteiger partial charge in [0, 0.05) is 17.0 Å². The topological polar surface area (TPSA) is 41.1 Å². The second kappa shape index (κ2) is 7.87. The van der Waals surface area contributed by atoms with Gasteiger partial charge in [0.25, 0.3) is 0 Å². The standard InChI is InChI=1S/C18H25ClN2O.ClH/c1-13-11-14(7-10-20-13)17(22)21-18(8-2-3-9-18)15-5-4-6-16(19)12-15;/h4-6,12-14,20H,2-3,7-11H2,1H3,(H,21,22);1H/t13-,14-;/m0./s1. The Labute approximate surface area is 150 Å². The predicted octanol–water partition coefficient (Wildman–Crippen LogP) is 4.04. The van der Waals surface area contributed by atoms with Crippen molar-refractivity contribution in [3.63, 3.8) is 0 Å². The Hall–Kier alpha value is -0.770. The summed E-state index contributed by atoms with van der Waals surface area (Å²) in [5, 5.41) is 7.56. The van der Waals surface area contributed by atoms with Gasteiger partial charge in [0.1, 0.15) is 0 Å². The van der Waals surface area contributed by atoms with E-state index < -0.39 is 0 Å². The predicted molar refractivity (Wildman–Crippen MR) is 97.2 cm³/mol. The van der Waals surface area contributed by atoms with Gasteiger partial charge >= 0.3 is 0 Å². The highest BCUT2D eigenvalue weighted by atomic mass is 35.5. The van der Waals surface area contributed by atoms with Crippen molar-refractivity contribution in [2.45, 2.75) is 57.0 Å². The minimum atomic E-state index is -0.212. The molecule has 1 aliphatic carbocycles. The van der Waals surface area contributed by atoms with Crippen LogP contribution in [-0.2, 0) is 10.3 Å². The zero-order valence-electron chi connectivity index (χ0n) is 13.6. The highest BCUT2D eigenvalue weighted by Crippen LogP contribution is 2.40. The molecule has 23 heavy (non-hydrogen) atoms. The molecule has 2 fully saturated rings. The molecule has 2 aliphatic rings. The maximum Gasteiger partial charge on any atom is 0.223 e. The lowest BCUT2D eigenvalue weighted by Gasteiger charge is -2.35. The normalized spacial score (nSPS) is 26.3. The van der Waals surface area contributed by atoms with E-state index in [1.807, 2.05) is 18.2 Å². The summed E-state index contributed by atoms with van der Waals surface area (Å²) in [5.41, 5.74) is 0.948. The summed E-state index contributed by atoms with van der Waals surface area (Å²) in [4.78, 5) is 12.8. The van der Waals surface area contributed by atoms with Crippen LogP contribution < -0.4 is 10.6 Å². The first-order valence-electron chi connectivity index (χ1n) is 8.40. The highest BCUT2D eigenvalue weighted by molar-refractivity contribution is 6.30. The number of benzene rings is 1. The molecular weight excluding hydrogens is 331 g/mol. The van der Waals surface area contributed by atoms with Crippen molar-refractivity contribution >= 4 is 29.9 Å². The number of piperidine rings is 1. The third-order valence-electron chi connectivity index (χ3n) is 5.19. The molecule has 1 aliphatic heterocycles. The lowest BCUT2D eigenvalue weighted by Crippen LogP contribution is -2.49. The molecule has 1 amide bonds. The number of hydrogen-bond donors (Lipinski definition) is 2. The van der Waals surface area contributed by atoms with Crippen LogP contribution in [0.2, 0.25) is 5.02 Å². The molecule has 128 valence electrons. The average Bonchev–Trinajstić information content (AvgIpc) is 2.97. The molecule has 0 bridgehead atoms. The minimum Gasteiger partial charge on any atom is -0.346 e. The Morgan fingerprint density at radius 1 is 1.35 bits per heavy atom. The molecule has 0 aromatic heterocycles. The monoisotopic (exact) mass is 356 g/mol. The maximum absolute atomic E-state index is 12.8. The lowest BCUT2D eigenvalue weighted by molar-refractivity contribution is -0.128. The minimum absolute atomic E-state index is 0. The summed E-state index contributed by atoms with van der Waals surface area (Å²) in [6.45, 7) is 3.09. The average molecular weight is 357 g/mol. The smallest absolute Gasteiger partial charge is 0.223 e. The molecule has 5 heteroatoms. The first kappa shape index (κ1) is 18.6. The van der Waals surface area contributed by atoms with Gasteiger partial charge in [0.15, 0.2) is 0 Å². The van der Waals surface area contributed by atoms with Crippen molar-refractivity contribution in [3.8, 4) is 0 Å². The molecule has 3 rings (SSSR count). The highest BCUT2D eigenvalue weighted by Gasteiger charge is 2.39. The second-order valence-corrected chi connectivity index (χ2v) is 7.30. The molecule has 1 aromatic carbocycles. The number of amides is 1. The van der Waals surface area contributed by atoms with Crippen LogP contribution in [0.5, 0.6) is 0 Å². The van der Waals surface area contributed by atoms with Crippen LogP contribution in [0.1, 0.15) is 51.0 Å². The number of rotatable bonds is 3. The quantitative estimate of drug-likeness (QED) is 0.857. The Bertz CT molecular complexity index is 544. The van der Waals surface area contributed by atoms with E-state index in [2.05, 4.69) is 23.6 Å². The summed E-state index contributed by atoms with van der Waals surface area (Å²) in [6.07, 6.45) is 6.21. The van der Waals surface area contributed by atoms with Crippen LogP contribution in [-0.4, -0.2) is 18.5 Å². The zero-order chi connectivity index (χ0) is 15.6. The summed E-state index contributed by atoms with van der Waals surface area (Å²) in [7, 11) is 0. The van der Waals surface area contributed by atoms with Gasteiger partial charge in [-0.2, -0.15) is 0 Å². The van der Waals surface area contributed by atoms with E-state index >= 15 is 0 Å². The van der Waals surface area contributed by atoms with Gasteiger partial charge in [-0.1, -0.05) is 36.6 Å². The van der Waals surface area contributed by atoms with Crippen molar-refractivity contribution in [2.75, 3.05) is 6.54 Å². The van der Waals surface area contributed by atoms with Crippen LogP contribution in [0, 0.1) is 5.92 Å². The van der Waals surface area contributed by atoms with Crippen molar-refractivity contribution in [1.29, 1.82) is 0 Å². The molecule has 0 radical (unpaired) electrons. The van der Waals surface area contributed by atoms with Crippen molar-refractivity contribution in [2.24, 2.45) is 5.92 Å². The summed E-state index contributed by atoms with van der Waals surface area (Å²) in [5.74, 6) is 0.350. The number of carbonyl (C=O) groups excluding carboxylic acids is 1. The van der Waals surface area contributed by atoms with Gasteiger partial charge in [-0.25, -0.2) is 0 Å². The fraction of sp³-hybridized carbons (Fsp3) is 0.611. The number of hydrogen-bond acceptors (Lipinski definition) is 2. The summed E-state index contributed by atoms with van der Waals surface area (Å²) < 4.78 is 0. The van der Waals surface area contributed by atoms with Crippen LogP contribution in [0.25, 0.3) is 0 Å². The molecule has 0 unspecified atom stereocenters. The maximum atomic E-state index is 12.8. The van der Waals surface area contributed by atoms with E-state index in [0.717, 1.165) is 55.7 Å². The molecule has 1 aromatic rings. The molecule has 3 nitrogen and oxygen atoms in total. The Morgan fingerprint density at radius 2 is 2.09 bits per heavy atom. The van der Waals surface area contributed by atoms with Crippen LogP contribution in [0.15, 0.2) is 24.3 Å². The first-order valence-corrected chi connectivity index (χ1v) is 8.78. The van der Waals surface area contributed by atoms with Crippen LogP contribution >= 0.6 is 24.0 Å². The molecule has 1 saturated carbocycles. The van der Waals surface area contributed by atoms with Gasteiger partial charge < -0.3 is 10.6 Å². The van der Waals surface area contributed by atoms with Gasteiger partial charge in [-0.3, -0.25) is 4.79 Å². The van der Waals surface area contributed by atoms with Crippen molar-refractivity contribution in [3.05, 3.63) is 34.9 Å². The molecular formula is C18H26Cl2N2O. The Morgan fingerprint density at radius 3 is 2.74 bits per heavy atom. The first-order chi connectivity index (χ1) is 10.6. The molecule has 2 atom stereocenters. The van der Waals surface area contributed by atoms with Gasteiger partial charge in [-0.15, -0.1) is 12.4 Å². The van der Waals surface area contributed by atoms with Gasteiger partial charge in [0.05, 0.1) is 5.54 Å². The van der Waals surface area contributed by atoms with Crippen molar-refractivity contribution < 1.29 is 4.79 Å². The lowest BCUT2D eigenvalue weighted by atomic mass is 9.85. The zero-order valence-corrected chi connectivity index (χ0v) is 15.2. The number of halogens is 2. The number of nitrogens with one attached hydrogen (secondary N) is 2. The molecule has 1 saturated heterocycles. The van der Waals surface area contributed by atoms with Crippen molar-refractivity contribution in [1.82, 2.24) is 10.6 Å². The van der Waals surface area contributed by atoms with E-state index in [1.54, 1.807) is 0 Å². The largest absolute Gasteiger partial charge is 0.346 e. The van der Waals surface area contributed by atoms with E-state index in [-0.39, 0.29) is 29.8 Å². The fourth-order valence-electron chi connectivity index (χ4n) is 3.96. The Balaban J connectivity index is 0.00000192. The summed E-state index contributed by atoms with van der Waals surface area (Å²) >= 11 is 6.17. The molecule has 0 spiro atoms. The third-order valence-corrected chi connectivity index (χ3v) is 5.43. The Kier molecular flexibility index (Phi) is 6.35. The van der Waals surface area contributed by atoms with Crippen LogP contribution in [0.3, 0.4) is 0 Å². The SMILES string of the molecule is C[C@H]1C[C@@H](C(=O)NC2(c3cccc(Cl)c3)CCCC2)CCN1.Cl. The molecule has 1 heterocycles. The molecule has 2 N–H and O–H groups in total. The summed E-state index contributed by atoms with van der Waals surface area (Å²) in [6, 6.07) is 8.41. The van der Waals surface area contributed by atoms with Gasteiger partial charge in [0.2, 0.25) is 5.91 Å². The van der Waals surface area contributed by atoms with E-state index in [1.165, 1.54) is 0 Å². The van der Waals surface area contributed by atoms with E-state index in [9.17, 15) is 4.79 Å². The second-order valence-electron chi connectivity index (χ2n) is 6.87. The van der Waals surface area contributed by atoms with E-state index in [4.69, 9.17) is 11.6 Å². The fourth-order valence-corrected chi connectivity index (χ4v) is 4.15. The third kappa shape index (κ3) is 4.20. The van der Waals surface area contributed by atoms with E-state index in [0.29, 0.717) is 6.04 Å². The number of carbonyl (C=O) groups is 1. The van der Waals surface area contributed by atoms with Gasteiger partial charge in [-0.05, 0) is 56.8 Å².